The van der Waals surface area contributed by atoms with Crippen molar-refractivity contribution in [1.82, 2.24) is 19.8 Å². The van der Waals surface area contributed by atoms with E-state index in [9.17, 15) is 4.79 Å². The van der Waals surface area contributed by atoms with Crippen molar-refractivity contribution in [3.8, 4) is 17.1 Å². The largest absolute Gasteiger partial charge is 0.469 e. The van der Waals surface area contributed by atoms with E-state index in [1.165, 1.54) is 0 Å². The van der Waals surface area contributed by atoms with Crippen LogP contribution in [0.25, 0.3) is 32.9 Å². The molecule has 2 aromatic heterocycles. The Hall–Kier alpha value is -4.90. The summed E-state index contributed by atoms with van der Waals surface area (Å²) in [4.78, 5) is 32.4. The third kappa shape index (κ3) is 5.18. The van der Waals surface area contributed by atoms with Crippen molar-refractivity contribution in [3.05, 3.63) is 77.8 Å². The summed E-state index contributed by atoms with van der Waals surface area (Å²) in [5.74, 6) is 0.762. The number of piperazine rings is 1. The Morgan fingerprint density at radius 1 is 1.08 bits per heavy atom. The predicted octanol–water partition coefficient (Wildman–Crippen LogP) is 7.53. The summed E-state index contributed by atoms with van der Waals surface area (Å²) in [6.07, 6.45) is 7.66. The Bertz CT molecular complexity index is 2180. The first kappa shape index (κ1) is 33.0. The van der Waals surface area contributed by atoms with E-state index in [1.807, 2.05) is 82.0 Å². The Kier molecular flexibility index (Phi) is 7.66. The minimum absolute atomic E-state index is 0.169. The highest BCUT2D eigenvalue weighted by Crippen LogP contribution is 2.54. The van der Waals surface area contributed by atoms with E-state index in [-0.39, 0.29) is 41.5 Å². The lowest BCUT2D eigenvalue weighted by molar-refractivity contribution is 0.0130. The van der Waals surface area contributed by atoms with Crippen molar-refractivity contribution >= 4 is 39.1 Å². The van der Waals surface area contributed by atoms with Gasteiger partial charge in [-0.1, -0.05) is 36.4 Å². The van der Waals surface area contributed by atoms with Crippen molar-refractivity contribution in [2.45, 2.75) is 83.7 Å². The van der Waals surface area contributed by atoms with Gasteiger partial charge in [-0.3, -0.25) is 9.88 Å². The molecule has 0 radical (unpaired) electrons. The van der Waals surface area contributed by atoms with Gasteiger partial charge in [0.2, 0.25) is 5.88 Å². The highest BCUT2D eigenvalue weighted by Gasteiger charge is 2.50. The molecule has 0 aliphatic carbocycles. The second-order valence-electron chi connectivity index (χ2n) is 15.9. The molecule has 5 aliphatic rings. The average Bonchev–Trinajstić information content (AvgIpc) is 3.80. The number of halogens is 1. The number of likely N-dealkylation sites (tertiary alicyclic amines) is 1. The minimum atomic E-state index is -0.641. The molecule has 0 saturated carbocycles. The number of aryl methyl sites for hydroxylation is 1. The number of fused-ring (bicyclic) bond motifs is 5. The fourth-order valence-electron chi connectivity index (χ4n) is 9.00. The predicted molar refractivity (Wildman–Crippen MR) is 200 cm³/mol. The molecule has 1 amide bonds. The summed E-state index contributed by atoms with van der Waals surface area (Å²) in [6.45, 7) is 12.1. The van der Waals surface area contributed by atoms with E-state index in [2.05, 4.69) is 21.7 Å². The molecule has 270 valence electrons. The number of hydrogen-bond donors (Lipinski definition) is 0. The number of amides is 1. The van der Waals surface area contributed by atoms with Gasteiger partial charge in [-0.2, -0.15) is 0 Å². The molecule has 0 unspecified atom stereocenters. The number of nitrogens with zero attached hydrogens (tertiary/aromatic N) is 6. The molecule has 0 bridgehead atoms. The van der Waals surface area contributed by atoms with Crippen LogP contribution in [0.15, 0.2) is 66.4 Å². The first-order valence-electron chi connectivity index (χ1n) is 18.4. The Labute approximate surface area is 303 Å². The minimum Gasteiger partial charge on any atom is -0.469 e. The lowest BCUT2D eigenvalue weighted by Crippen LogP contribution is -2.65. The summed E-state index contributed by atoms with van der Waals surface area (Å²) in [6, 6.07) is 11.7. The number of benzene rings is 2. The molecule has 0 N–H and O–H groups in total. The Balaban J connectivity index is 1.27. The van der Waals surface area contributed by atoms with Gasteiger partial charge in [0.05, 0.1) is 36.8 Å². The fraction of sp³-hybridized carbons (Fsp3) is 0.439. The van der Waals surface area contributed by atoms with E-state index >= 15 is 4.39 Å². The smallest absolute Gasteiger partial charge is 0.410 e. The van der Waals surface area contributed by atoms with Gasteiger partial charge in [0.1, 0.15) is 34.4 Å². The van der Waals surface area contributed by atoms with E-state index < -0.39 is 11.4 Å². The van der Waals surface area contributed by atoms with E-state index in [0.717, 1.165) is 64.1 Å². The monoisotopic (exact) mass is 704 g/mol. The van der Waals surface area contributed by atoms with Crippen molar-refractivity contribution in [1.29, 1.82) is 0 Å². The zero-order valence-electron chi connectivity index (χ0n) is 30.6. The highest BCUT2D eigenvalue weighted by atomic mass is 19.1. The van der Waals surface area contributed by atoms with Crippen LogP contribution in [0.5, 0.6) is 5.88 Å². The molecule has 9 rings (SSSR count). The van der Waals surface area contributed by atoms with Gasteiger partial charge in [-0.05, 0) is 83.5 Å². The first-order valence-corrected chi connectivity index (χ1v) is 18.4. The van der Waals surface area contributed by atoms with Crippen LogP contribution in [0.3, 0.4) is 0 Å². The number of aromatic nitrogens is 2. The normalized spacial score (nSPS) is 25.7. The van der Waals surface area contributed by atoms with Gasteiger partial charge in [0, 0.05) is 42.2 Å². The van der Waals surface area contributed by atoms with Crippen LogP contribution in [0.4, 0.5) is 20.6 Å². The third-order valence-corrected chi connectivity index (χ3v) is 11.3. The van der Waals surface area contributed by atoms with Gasteiger partial charge >= 0.3 is 6.09 Å². The number of pyridine rings is 2. The maximum absolute atomic E-state index is 17.3. The lowest BCUT2D eigenvalue weighted by Gasteiger charge is -2.54. The number of anilines is 2. The molecule has 0 spiro atoms. The van der Waals surface area contributed by atoms with Crippen LogP contribution in [0.1, 0.15) is 52.5 Å². The number of hydrogen-bond acceptors (Lipinski definition) is 9. The number of rotatable bonds is 2. The van der Waals surface area contributed by atoms with Crippen LogP contribution in [-0.2, 0) is 9.47 Å². The maximum Gasteiger partial charge on any atom is 0.410 e. The molecule has 4 atom stereocenters. The molecular weight excluding hydrogens is 659 g/mol. The van der Waals surface area contributed by atoms with Crippen LogP contribution in [0.2, 0.25) is 0 Å². The molecule has 52 heavy (non-hydrogen) atoms. The molecule has 2 aromatic carbocycles. The molecule has 10 nitrogen and oxygen atoms in total. The topological polar surface area (TPSA) is 83.5 Å². The van der Waals surface area contributed by atoms with E-state index in [4.69, 9.17) is 24.2 Å². The highest BCUT2D eigenvalue weighted by molar-refractivity contribution is 6.05. The summed E-state index contributed by atoms with van der Waals surface area (Å²) in [7, 11) is 2.14. The van der Waals surface area contributed by atoms with Crippen molar-refractivity contribution in [2.24, 2.45) is 0 Å². The molecule has 2 fully saturated rings. The van der Waals surface area contributed by atoms with Crippen LogP contribution < -0.4 is 14.5 Å². The quantitative estimate of drug-likeness (QED) is 0.210. The zero-order chi connectivity index (χ0) is 36.1. The van der Waals surface area contributed by atoms with E-state index in [1.54, 1.807) is 12.5 Å². The molecule has 2 saturated heterocycles. The standard InChI is InChI=1S/C41H45FN6O4/c1-23-11-7-12-25-13-8-14-26(32(23)25)34-33(42)35-27(19-43-34)36-38-39(44-35)51-31(28-15-9-17-45(28)6)22-48(38)37(30-16-10-18-50-30)29-21-46(24(2)20-47(29)36)40(49)52-41(3,4)5/h7-8,10-14,18-19,24,28-29,31H,9,15-17,20-22H2,1-6H3/t24-,28+,29-,31-/m1/s1. The number of allylic oxidation sites excluding steroid dienone is 1. The second-order valence-corrected chi connectivity index (χ2v) is 15.9. The third-order valence-electron chi connectivity index (χ3n) is 11.3. The SMILES string of the molecule is Cc1cccc2cccc(-c3ncc4c5c6c(nc4c3F)O[C@@H]([C@@H]3CCCN3C)CN6C(=C3CC=CO3)[C@H]3CN(C(=O)OC(C)(C)C)[C@H](C)CN53)c12. The molecular formula is C41H45FN6O4. The Morgan fingerprint density at radius 3 is 2.62 bits per heavy atom. The van der Waals surface area contributed by atoms with Crippen LogP contribution in [-0.4, -0.2) is 88.9 Å². The molecule has 7 heterocycles. The van der Waals surface area contributed by atoms with E-state index in [0.29, 0.717) is 37.3 Å². The summed E-state index contributed by atoms with van der Waals surface area (Å²) in [5, 5.41) is 2.61. The lowest BCUT2D eigenvalue weighted by atomic mass is 9.93. The van der Waals surface area contributed by atoms with Gasteiger partial charge in [-0.25, -0.2) is 14.2 Å². The average molecular weight is 705 g/mol. The van der Waals surface area contributed by atoms with Crippen molar-refractivity contribution < 1.29 is 23.4 Å². The Morgan fingerprint density at radius 2 is 1.88 bits per heavy atom. The summed E-state index contributed by atoms with van der Waals surface area (Å²) in [5.41, 5.74) is 4.22. The number of carbonyl (C=O) groups excluding carboxylic acids is 1. The number of likely N-dealkylation sites (N-methyl/N-ethyl adjacent to an activating group) is 1. The van der Waals surface area contributed by atoms with Gasteiger partial charge < -0.3 is 28.9 Å². The molecule has 11 heteroatoms. The number of carbonyl (C=O) groups is 1. The summed E-state index contributed by atoms with van der Waals surface area (Å²) >= 11 is 0. The van der Waals surface area contributed by atoms with Crippen molar-refractivity contribution in [2.75, 3.05) is 43.0 Å². The van der Waals surface area contributed by atoms with Gasteiger partial charge in [-0.15, -0.1) is 0 Å². The summed E-state index contributed by atoms with van der Waals surface area (Å²) < 4.78 is 36.3. The van der Waals surface area contributed by atoms with Crippen LogP contribution >= 0.6 is 0 Å². The van der Waals surface area contributed by atoms with Gasteiger partial charge in [0.15, 0.2) is 5.82 Å². The zero-order valence-corrected chi connectivity index (χ0v) is 30.6. The number of ether oxygens (including phenoxy) is 3. The second kappa shape index (κ2) is 12.1. The van der Waals surface area contributed by atoms with Crippen molar-refractivity contribution in [3.63, 3.8) is 0 Å². The maximum atomic E-state index is 17.3. The molecule has 4 aromatic rings. The van der Waals surface area contributed by atoms with Crippen LogP contribution in [0, 0.1) is 12.7 Å². The first-order chi connectivity index (χ1) is 25.0. The fourth-order valence-corrected chi connectivity index (χ4v) is 9.00. The molecule has 5 aliphatic heterocycles. The van der Waals surface area contributed by atoms with Gasteiger partial charge in [0.25, 0.3) is 0 Å².